The number of thiol groups is 1. The summed E-state index contributed by atoms with van der Waals surface area (Å²) >= 11 is 4.24. The number of hydrogen-bond donors (Lipinski definition) is 3. The van der Waals surface area contributed by atoms with E-state index in [1.807, 2.05) is 0 Å². The number of hydrogen-bond acceptors (Lipinski definition) is 7. The molecule has 0 aliphatic rings. The Morgan fingerprint density at radius 1 is 1.10 bits per heavy atom. The zero-order valence-electron chi connectivity index (χ0n) is 12.0. The molecule has 0 saturated carbocycles. The minimum atomic E-state index is -5.17. The molecule has 8 nitrogen and oxygen atoms in total. The monoisotopic (exact) mass is 346 g/mol. The molecule has 0 aromatic rings. The predicted molar refractivity (Wildman–Crippen MR) is 65.2 cm³/mol. The van der Waals surface area contributed by atoms with Crippen molar-refractivity contribution in [1.29, 1.82) is 0 Å². The van der Waals surface area contributed by atoms with E-state index in [2.05, 4.69) is 23.3 Å². The number of rotatable bonds is 5. The Morgan fingerprint density at radius 3 is 1.75 bits per heavy atom. The van der Waals surface area contributed by atoms with E-state index in [9.17, 15) is 9.59 Å². The summed E-state index contributed by atoms with van der Waals surface area (Å²) in [6.07, 6.45) is 0.753. The molecule has 2 N–H and O–H groups in total. The van der Waals surface area contributed by atoms with Gasteiger partial charge in [-0.15, -0.1) is 0 Å². The molecular formula is C8H16N2Na2O6S2. The quantitative estimate of drug-likeness (QED) is 0.196. The van der Waals surface area contributed by atoms with Gasteiger partial charge >= 0.3 is 59.1 Å². The van der Waals surface area contributed by atoms with Crippen molar-refractivity contribution in [2.24, 2.45) is 0 Å². The molecular weight excluding hydrogens is 330 g/mol. The predicted octanol–water partition coefficient (Wildman–Crippen LogP) is -7.38. The molecule has 0 saturated heterocycles. The summed E-state index contributed by atoms with van der Waals surface area (Å²) in [5.41, 5.74) is 0. The maximum atomic E-state index is 10.5. The summed E-state index contributed by atoms with van der Waals surface area (Å²) in [5.74, 6) is -0.0985. The molecule has 0 bridgehead atoms. The first kappa shape index (κ1) is 29.2. The van der Waals surface area contributed by atoms with Gasteiger partial charge in [-0.25, -0.2) is 0 Å². The van der Waals surface area contributed by atoms with Crippen molar-refractivity contribution in [3.8, 4) is 0 Å². The Balaban J connectivity index is -0.000000158. The second-order valence-electron chi connectivity index (χ2n) is 3.27. The van der Waals surface area contributed by atoms with Crippen LogP contribution >= 0.6 is 12.6 Å². The van der Waals surface area contributed by atoms with E-state index < -0.39 is 10.4 Å². The molecule has 0 heterocycles. The standard InChI is InChI=1S/C8H16N2O2S.2Na.H2O4S/c1-6(11)9-4-3-8(13)5-10-7(2)12;;;1-5(2,3)4/h8,13H,3-5H2,1-2H3,(H,9,11)(H,10,12);;;(H2,1,2,3,4)/q;2*+1;/p-2. The number of amides is 2. The first-order valence-electron chi connectivity index (χ1n) is 4.86. The van der Waals surface area contributed by atoms with Crippen LogP contribution in [0.15, 0.2) is 0 Å². The smallest absolute Gasteiger partial charge is 0.759 e. The van der Waals surface area contributed by atoms with E-state index in [4.69, 9.17) is 17.5 Å². The molecule has 2 amide bonds. The van der Waals surface area contributed by atoms with E-state index in [0.29, 0.717) is 13.1 Å². The number of nitrogens with one attached hydrogen (secondary N) is 2. The fourth-order valence-electron chi connectivity index (χ4n) is 0.778. The average molecular weight is 346 g/mol. The summed E-state index contributed by atoms with van der Waals surface area (Å²) < 4.78 is 34.1. The Kier molecular flexibility index (Phi) is 24.1. The van der Waals surface area contributed by atoms with Gasteiger partial charge in [0.15, 0.2) is 0 Å². The first-order valence-corrected chi connectivity index (χ1v) is 6.71. The summed E-state index contributed by atoms with van der Waals surface area (Å²) in [6, 6.07) is 0. The van der Waals surface area contributed by atoms with Crippen molar-refractivity contribution >= 4 is 34.8 Å². The zero-order chi connectivity index (χ0) is 14.8. The third-order valence-corrected chi connectivity index (χ3v) is 1.88. The van der Waals surface area contributed by atoms with Gasteiger partial charge in [0, 0.05) is 42.6 Å². The Morgan fingerprint density at radius 2 is 1.45 bits per heavy atom. The van der Waals surface area contributed by atoms with Crippen LogP contribution in [0.1, 0.15) is 20.3 Å². The van der Waals surface area contributed by atoms with Crippen molar-refractivity contribution < 1.29 is 86.2 Å². The van der Waals surface area contributed by atoms with Crippen LogP contribution in [0.2, 0.25) is 0 Å². The van der Waals surface area contributed by atoms with Crippen molar-refractivity contribution in [2.75, 3.05) is 13.1 Å². The molecule has 20 heavy (non-hydrogen) atoms. The van der Waals surface area contributed by atoms with Crippen molar-refractivity contribution in [3.63, 3.8) is 0 Å². The van der Waals surface area contributed by atoms with E-state index in [1.165, 1.54) is 13.8 Å². The molecule has 0 rings (SSSR count). The summed E-state index contributed by atoms with van der Waals surface area (Å²) in [6.45, 7) is 4.08. The van der Waals surface area contributed by atoms with Crippen LogP contribution in [0.25, 0.3) is 0 Å². The minimum Gasteiger partial charge on any atom is -0.759 e. The van der Waals surface area contributed by atoms with Crippen molar-refractivity contribution in [1.82, 2.24) is 10.6 Å². The third-order valence-electron chi connectivity index (χ3n) is 1.44. The van der Waals surface area contributed by atoms with Crippen LogP contribution in [0, 0.1) is 0 Å². The van der Waals surface area contributed by atoms with Crippen LogP contribution in [0.4, 0.5) is 0 Å². The van der Waals surface area contributed by atoms with Crippen LogP contribution < -0.4 is 69.7 Å². The van der Waals surface area contributed by atoms with Gasteiger partial charge in [0.05, 0.1) is 0 Å². The van der Waals surface area contributed by atoms with Crippen LogP contribution in [-0.2, 0) is 20.0 Å². The normalized spacial score (nSPS) is 10.7. The Labute approximate surface area is 168 Å². The molecule has 0 fully saturated rings. The first-order chi connectivity index (χ1) is 8.02. The minimum absolute atomic E-state index is 0. The van der Waals surface area contributed by atoms with Gasteiger partial charge in [-0.3, -0.25) is 18.0 Å². The van der Waals surface area contributed by atoms with Crippen LogP contribution in [0.3, 0.4) is 0 Å². The molecule has 0 spiro atoms. The molecule has 108 valence electrons. The van der Waals surface area contributed by atoms with Gasteiger partial charge < -0.3 is 19.7 Å². The largest absolute Gasteiger partial charge is 1.00 e. The molecule has 1 unspecified atom stereocenters. The molecule has 0 radical (unpaired) electrons. The number of carbonyl (C=O) groups is 2. The van der Waals surface area contributed by atoms with Crippen molar-refractivity contribution in [3.05, 3.63) is 0 Å². The molecule has 12 heteroatoms. The second kappa shape index (κ2) is 16.5. The van der Waals surface area contributed by atoms with Crippen molar-refractivity contribution in [2.45, 2.75) is 25.5 Å². The van der Waals surface area contributed by atoms with Gasteiger partial charge in [-0.1, -0.05) is 0 Å². The number of carbonyl (C=O) groups excluding carboxylic acids is 2. The molecule has 0 aliphatic heterocycles. The fraction of sp³-hybridized carbons (Fsp3) is 0.750. The van der Waals surface area contributed by atoms with E-state index >= 15 is 0 Å². The second-order valence-corrected chi connectivity index (χ2v) is 4.82. The third kappa shape index (κ3) is 42.7. The van der Waals surface area contributed by atoms with E-state index in [1.54, 1.807) is 0 Å². The Bertz CT molecular complexity index is 358. The van der Waals surface area contributed by atoms with E-state index in [0.717, 1.165) is 6.42 Å². The Hall–Kier alpha value is 1.16. The van der Waals surface area contributed by atoms with Gasteiger partial charge in [0.1, 0.15) is 0 Å². The van der Waals surface area contributed by atoms with Gasteiger partial charge in [0.25, 0.3) is 0 Å². The molecule has 0 aromatic carbocycles. The topological polar surface area (TPSA) is 138 Å². The summed E-state index contributed by atoms with van der Waals surface area (Å²) in [5, 5.41) is 5.41. The fourth-order valence-corrected chi connectivity index (χ4v) is 0.999. The molecule has 0 aromatic heterocycles. The van der Waals surface area contributed by atoms with Crippen LogP contribution in [0.5, 0.6) is 0 Å². The zero-order valence-corrected chi connectivity index (χ0v) is 17.7. The molecule has 0 aliphatic carbocycles. The van der Waals surface area contributed by atoms with Gasteiger partial charge in [-0.2, -0.15) is 12.6 Å². The van der Waals surface area contributed by atoms with Gasteiger partial charge in [0.2, 0.25) is 11.8 Å². The summed E-state index contributed by atoms with van der Waals surface area (Å²) in [4.78, 5) is 21.0. The van der Waals surface area contributed by atoms with Gasteiger partial charge in [-0.05, 0) is 6.42 Å². The SMILES string of the molecule is CC(=O)NCCC(S)CNC(C)=O.O=S(=O)([O-])[O-].[Na+].[Na+]. The van der Waals surface area contributed by atoms with Crippen LogP contribution in [-0.4, -0.2) is 47.7 Å². The summed E-state index contributed by atoms with van der Waals surface area (Å²) in [7, 11) is -5.17. The molecule has 1 atom stereocenters. The maximum Gasteiger partial charge on any atom is 1.00 e. The average Bonchev–Trinajstić information content (AvgIpc) is 2.11. The maximum absolute atomic E-state index is 10.5. The van der Waals surface area contributed by atoms with E-state index in [-0.39, 0.29) is 76.2 Å².